The van der Waals surface area contributed by atoms with Gasteiger partial charge in [-0.25, -0.2) is 4.98 Å². The lowest BCUT2D eigenvalue weighted by atomic mass is 10.0. The minimum atomic E-state index is -0.228. The van der Waals surface area contributed by atoms with E-state index in [1.54, 1.807) is 21.8 Å². The summed E-state index contributed by atoms with van der Waals surface area (Å²) in [7, 11) is 1.87. The normalized spacial score (nSPS) is 11.1. The topological polar surface area (TPSA) is 77.6 Å². The minimum absolute atomic E-state index is 0.228. The first-order valence-electron chi connectivity index (χ1n) is 10.5. The highest BCUT2D eigenvalue weighted by Crippen LogP contribution is 2.27. The lowest BCUT2D eigenvalue weighted by molar-refractivity contribution is 0.102. The van der Waals surface area contributed by atoms with Gasteiger partial charge in [0.25, 0.3) is 5.91 Å². The van der Waals surface area contributed by atoms with E-state index in [1.165, 1.54) is 0 Å². The van der Waals surface area contributed by atoms with Crippen LogP contribution in [-0.4, -0.2) is 30.5 Å². The van der Waals surface area contributed by atoms with Crippen molar-refractivity contribution in [2.45, 2.75) is 13.5 Å². The summed E-state index contributed by atoms with van der Waals surface area (Å²) in [5.74, 6) is -0.228. The number of hydrogen-bond acceptors (Lipinski definition) is 4. The van der Waals surface area contributed by atoms with Crippen molar-refractivity contribution < 1.29 is 4.79 Å². The Morgan fingerprint density at radius 1 is 1.09 bits per heavy atom. The third-order valence-electron chi connectivity index (χ3n) is 5.43. The Hall–Kier alpha value is -3.97. The Morgan fingerprint density at radius 3 is 2.67 bits per heavy atom. The molecule has 8 heteroatoms. The molecule has 0 aliphatic heterocycles. The van der Waals surface area contributed by atoms with Crippen LogP contribution < -0.4 is 5.32 Å². The molecular weight excluding hydrogens is 436 g/mol. The number of hydrogen-bond donors (Lipinski definition) is 1. The van der Waals surface area contributed by atoms with E-state index in [0.29, 0.717) is 28.5 Å². The van der Waals surface area contributed by atoms with Crippen LogP contribution in [0.4, 0.5) is 5.69 Å². The van der Waals surface area contributed by atoms with Crippen LogP contribution in [0.1, 0.15) is 21.6 Å². The number of aromatic nitrogens is 5. The molecule has 3 heterocycles. The third kappa shape index (κ3) is 4.23. The van der Waals surface area contributed by atoms with Crippen LogP contribution in [0.25, 0.3) is 22.2 Å². The summed E-state index contributed by atoms with van der Waals surface area (Å²) < 4.78 is 3.49. The van der Waals surface area contributed by atoms with Gasteiger partial charge in [-0.05, 0) is 30.7 Å². The van der Waals surface area contributed by atoms with Crippen molar-refractivity contribution in [3.8, 4) is 11.3 Å². The maximum absolute atomic E-state index is 13.3. The summed E-state index contributed by atoms with van der Waals surface area (Å²) in [5, 5.41) is 13.2. The lowest BCUT2D eigenvalue weighted by Crippen LogP contribution is -2.13. The second kappa shape index (κ2) is 8.52. The molecule has 0 bridgehead atoms. The summed E-state index contributed by atoms with van der Waals surface area (Å²) in [6.45, 7) is 2.44. The number of fused-ring (bicyclic) bond motifs is 1. The van der Waals surface area contributed by atoms with Crippen LogP contribution in [0.3, 0.4) is 0 Å². The molecule has 33 heavy (non-hydrogen) atoms. The molecule has 0 unspecified atom stereocenters. The molecule has 5 rings (SSSR count). The highest BCUT2D eigenvalue weighted by molar-refractivity contribution is 6.31. The van der Waals surface area contributed by atoms with Crippen molar-refractivity contribution >= 4 is 34.1 Å². The second-order valence-corrected chi connectivity index (χ2v) is 8.25. The van der Waals surface area contributed by atoms with Crippen molar-refractivity contribution in [3.05, 3.63) is 95.0 Å². The largest absolute Gasteiger partial charge is 0.319 e. The molecule has 0 radical (unpaired) electrons. The molecule has 2 aromatic carbocycles. The molecule has 0 saturated heterocycles. The van der Waals surface area contributed by atoms with Crippen molar-refractivity contribution in [3.63, 3.8) is 0 Å². The maximum atomic E-state index is 13.3. The Bertz CT molecular complexity index is 1490. The van der Waals surface area contributed by atoms with Gasteiger partial charge < -0.3 is 5.32 Å². The van der Waals surface area contributed by atoms with E-state index in [-0.39, 0.29) is 5.91 Å². The van der Waals surface area contributed by atoms with E-state index in [0.717, 1.165) is 27.7 Å². The molecule has 0 fully saturated rings. The summed E-state index contributed by atoms with van der Waals surface area (Å²) in [5.41, 5.74) is 5.30. The van der Waals surface area contributed by atoms with Crippen molar-refractivity contribution in [1.29, 1.82) is 0 Å². The number of benzene rings is 2. The zero-order valence-corrected chi connectivity index (χ0v) is 18.9. The van der Waals surface area contributed by atoms with Crippen LogP contribution in [0.2, 0.25) is 5.02 Å². The average Bonchev–Trinajstić information content (AvgIpc) is 3.39. The molecule has 7 nitrogen and oxygen atoms in total. The minimum Gasteiger partial charge on any atom is -0.319 e. The summed E-state index contributed by atoms with van der Waals surface area (Å²) in [6, 6.07) is 17.1. The van der Waals surface area contributed by atoms with E-state index in [2.05, 4.69) is 15.5 Å². The van der Waals surface area contributed by atoms with E-state index >= 15 is 0 Å². The Labute approximate surface area is 195 Å². The molecule has 3 aromatic heterocycles. The van der Waals surface area contributed by atoms with Gasteiger partial charge in [0.2, 0.25) is 0 Å². The zero-order chi connectivity index (χ0) is 22.9. The molecule has 1 amide bonds. The van der Waals surface area contributed by atoms with Gasteiger partial charge in [-0.2, -0.15) is 10.2 Å². The lowest BCUT2D eigenvalue weighted by Gasteiger charge is -2.09. The second-order valence-electron chi connectivity index (χ2n) is 7.85. The Balaban J connectivity index is 1.46. The number of aryl methyl sites for hydroxylation is 2. The Morgan fingerprint density at radius 2 is 1.88 bits per heavy atom. The first-order valence-corrected chi connectivity index (χ1v) is 10.8. The van der Waals surface area contributed by atoms with Crippen LogP contribution in [0, 0.1) is 6.92 Å². The van der Waals surface area contributed by atoms with E-state index in [9.17, 15) is 4.79 Å². The first-order chi connectivity index (χ1) is 16.0. The number of nitrogens with one attached hydrogen (secondary N) is 1. The number of para-hydroxylation sites is 1. The third-order valence-corrected chi connectivity index (χ3v) is 5.80. The fourth-order valence-electron chi connectivity index (χ4n) is 3.87. The van der Waals surface area contributed by atoms with Crippen molar-refractivity contribution in [2.24, 2.45) is 7.05 Å². The fourth-order valence-corrected chi connectivity index (χ4v) is 4.06. The van der Waals surface area contributed by atoms with Crippen molar-refractivity contribution in [1.82, 2.24) is 24.5 Å². The molecule has 5 aromatic rings. The summed E-state index contributed by atoms with van der Waals surface area (Å²) in [6.07, 6.45) is 5.33. The predicted octanol–water partition coefficient (Wildman–Crippen LogP) is 5.09. The average molecular weight is 457 g/mol. The number of halogens is 1. The number of carbonyl (C=O) groups excluding carboxylic acids is 1. The quantitative estimate of drug-likeness (QED) is 0.399. The Kier molecular flexibility index (Phi) is 5.40. The highest BCUT2D eigenvalue weighted by atomic mass is 35.5. The number of anilines is 1. The van der Waals surface area contributed by atoms with Gasteiger partial charge in [0, 0.05) is 35.4 Å². The van der Waals surface area contributed by atoms with Gasteiger partial charge in [0.05, 0.1) is 40.9 Å². The van der Waals surface area contributed by atoms with Gasteiger partial charge in [0.15, 0.2) is 0 Å². The standard InChI is InChI=1S/C25H21ClN6O/c1-16-21(15-31(2)30-16)24-11-20(19-8-4-6-10-23(19)29-24)25(33)28-18-12-27-32(14-18)13-17-7-3-5-9-22(17)26/h3-12,14-15H,13H2,1-2H3,(H,28,33). The van der Waals surface area contributed by atoms with Gasteiger partial charge in [-0.15, -0.1) is 0 Å². The molecular formula is C25H21ClN6O. The van der Waals surface area contributed by atoms with E-state index in [1.807, 2.05) is 74.8 Å². The van der Waals surface area contributed by atoms with Crippen LogP contribution in [0.5, 0.6) is 0 Å². The molecule has 0 aliphatic carbocycles. The molecule has 0 saturated carbocycles. The zero-order valence-electron chi connectivity index (χ0n) is 18.2. The number of pyridine rings is 1. The number of carbonyl (C=O) groups is 1. The predicted molar refractivity (Wildman–Crippen MR) is 129 cm³/mol. The van der Waals surface area contributed by atoms with Crippen LogP contribution in [-0.2, 0) is 13.6 Å². The van der Waals surface area contributed by atoms with Gasteiger partial charge in [0.1, 0.15) is 0 Å². The molecule has 1 N–H and O–H groups in total. The molecule has 164 valence electrons. The first kappa shape index (κ1) is 20.9. The van der Waals surface area contributed by atoms with Crippen LogP contribution in [0.15, 0.2) is 73.2 Å². The van der Waals surface area contributed by atoms with Gasteiger partial charge in [-0.3, -0.25) is 14.2 Å². The number of amides is 1. The molecule has 0 aliphatic rings. The van der Waals surface area contributed by atoms with E-state index < -0.39 is 0 Å². The van der Waals surface area contributed by atoms with E-state index in [4.69, 9.17) is 16.6 Å². The maximum Gasteiger partial charge on any atom is 0.256 e. The van der Waals surface area contributed by atoms with Crippen LogP contribution >= 0.6 is 11.6 Å². The van der Waals surface area contributed by atoms with Gasteiger partial charge in [-0.1, -0.05) is 48.0 Å². The SMILES string of the molecule is Cc1nn(C)cc1-c1cc(C(=O)Nc2cnn(Cc3ccccc3Cl)c2)c2ccccc2n1. The molecule has 0 atom stereocenters. The fraction of sp³-hybridized carbons (Fsp3) is 0.120. The monoisotopic (exact) mass is 456 g/mol. The summed E-state index contributed by atoms with van der Waals surface area (Å²) in [4.78, 5) is 18.1. The summed E-state index contributed by atoms with van der Waals surface area (Å²) >= 11 is 6.26. The highest BCUT2D eigenvalue weighted by Gasteiger charge is 2.17. The van der Waals surface area contributed by atoms with Gasteiger partial charge >= 0.3 is 0 Å². The number of nitrogens with zero attached hydrogens (tertiary/aromatic N) is 5. The van der Waals surface area contributed by atoms with Crippen molar-refractivity contribution in [2.75, 3.05) is 5.32 Å². The smallest absolute Gasteiger partial charge is 0.256 e. The molecule has 0 spiro atoms. The number of rotatable bonds is 5.